The number of rotatable bonds is 4. The molecule has 0 heterocycles. The van der Waals surface area contributed by atoms with Crippen molar-refractivity contribution in [2.45, 2.75) is 39.5 Å². The molecular formula is C16H23N3O2. The van der Waals surface area contributed by atoms with Crippen LogP contribution in [0.5, 0.6) is 0 Å². The summed E-state index contributed by atoms with van der Waals surface area (Å²) in [5.74, 6) is 0.648. The first-order chi connectivity index (χ1) is 9.89. The number of nitrogens with one attached hydrogen (secondary N) is 1. The molecule has 1 fully saturated rings. The second kappa shape index (κ2) is 5.76. The average molecular weight is 289 g/mol. The predicted molar refractivity (Wildman–Crippen MR) is 83.4 cm³/mol. The van der Waals surface area contributed by atoms with Crippen LogP contribution in [0.25, 0.3) is 0 Å². The fraction of sp³-hybridized carbons (Fsp3) is 0.500. The first-order valence-electron chi connectivity index (χ1n) is 7.28. The Morgan fingerprint density at radius 3 is 2.38 bits per heavy atom. The van der Waals surface area contributed by atoms with E-state index in [2.05, 4.69) is 24.3 Å². The number of amides is 1. The summed E-state index contributed by atoms with van der Waals surface area (Å²) in [6, 6.07) is 7.77. The van der Waals surface area contributed by atoms with Crippen molar-refractivity contribution in [3.05, 3.63) is 29.8 Å². The summed E-state index contributed by atoms with van der Waals surface area (Å²) in [7, 11) is 0. The number of carbonyl (C=O) groups is 1. The third kappa shape index (κ3) is 2.86. The second-order valence-corrected chi connectivity index (χ2v) is 6.31. The average Bonchev–Trinajstić information content (AvgIpc) is 2.43. The van der Waals surface area contributed by atoms with Crippen LogP contribution in [0.2, 0.25) is 0 Å². The van der Waals surface area contributed by atoms with Crippen LogP contribution in [0.1, 0.15) is 45.1 Å². The zero-order chi connectivity index (χ0) is 15.6. The molecule has 114 valence electrons. The molecule has 5 heteroatoms. The third-order valence-corrected chi connectivity index (χ3v) is 4.26. The number of carbonyl (C=O) groups excluding carboxylic acids is 1. The van der Waals surface area contributed by atoms with E-state index in [9.17, 15) is 4.79 Å². The summed E-state index contributed by atoms with van der Waals surface area (Å²) in [5.41, 5.74) is 6.81. The van der Waals surface area contributed by atoms with Gasteiger partial charge in [0.25, 0.3) is 0 Å². The number of oxime groups is 1. The van der Waals surface area contributed by atoms with Gasteiger partial charge in [-0.15, -0.1) is 0 Å². The molecule has 0 spiro atoms. The monoisotopic (exact) mass is 289 g/mol. The molecule has 1 aromatic rings. The Labute approximate surface area is 125 Å². The summed E-state index contributed by atoms with van der Waals surface area (Å²) >= 11 is 0. The summed E-state index contributed by atoms with van der Waals surface area (Å²) in [6.07, 6.45) is 1.22. The molecule has 0 aliphatic heterocycles. The van der Waals surface area contributed by atoms with Crippen LogP contribution >= 0.6 is 0 Å². The Kier molecular flexibility index (Phi) is 4.21. The maximum Gasteiger partial charge on any atom is 0.238 e. The normalized spacial score (nSPS) is 25.5. The van der Waals surface area contributed by atoms with E-state index in [1.165, 1.54) is 5.56 Å². The fourth-order valence-electron chi connectivity index (χ4n) is 2.94. The molecule has 0 aromatic heterocycles. The van der Waals surface area contributed by atoms with Crippen LogP contribution in [0.3, 0.4) is 0 Å². The SMILES string of the molecule is CC1CC(C(=O)Nc2ccc(C(C)C)cc2)(/C(N)=N/O)C1. The lowest BCUT2D eigenvalue weighted by molar-refractivity contribution is -0.127. The zero-order valence-corrected chi connectivity index (χ0v) is 12.8. The van der Waals surface area contributed by atoms with Gasteiger partial charge in [-0.25, -0.2) is 0 Å². The third-order valence-electron chi connectivity index (χ3n) is 4.26. The maximum absolute atomic E-state index is 12.5. The van der Waals surface area contributed by atoms with E-state index in [-0.39, 0.29) is 11.7 Å². The standard InChI is InChI=1S/C16H23N3O2/c1-10(2)12-4-6-13(7-5-12)18-15(20)16(14(17)19-21)8-11(3)9-16/h4-7,10-11,21H,8-9H2,1-3H3,(H2,17,19)(H,18,20). The van der Waals surface area contributed by atoms with Crippen molar-refractivity contribution < 1.29 is 10.0 Å². The largest absolute Gasteiger partial charge is 0.409 e. The van der Waals surface area contributed by atoms with Crippen molar-refractivity contribution in [1.82, 2.24) is 0 Å². The minimum absolute atomic E-state index is 0.00287. The molecule has 2 rings (SSSR count). The highest BCUT2D eigenvalue weighted by Gasteiger charge is 2.52. The zero-order valence-electron chi connectivity index (χ0n) is 12.8. The Hall–Kier alpha value is -2.04. The first-order valence-corrected chi connectivity index (χ1v) is 7.28. The van der Waals surface area contributed by atoms with Crippen LogP contribution in [0, 0.1) is 11.3 Å². The Morgan fingerprint density at radius 2 is 1.95 bits per heavy atom. The van der Waals surface area contributed by atoms with Crippen molar-refractivity contribution in [1.29, 1.82) is 0 Å². The van der Waals surface area contributed by atoms with Crippen molar-refractivity contribution in [2.75, 3.05) is 5.32 Å². The number of hydrogen-bond donors (Lipinski definition) is 3. The molecule has 0 unspecified atom stereocenters. The number of nitrogens with zero attached hydrogens (tertiary/aromatic N) is 1. The fourth-order valence-corrected chi connectivity index (χ4v) is 2.94. The second-order valence-electron chi connectivity index (χ2n) is 6.31. The molecule has 1 saturated carbocycles. The van der Waals surface area contributed by atoms with Gasteiger partial charge in [-0.1, -0.05) is 38.1 Å². The van der Waals surface area contributed by atoms with Crippen molar-refractivity contribution in [3.63, 3.8) is 0 Å². The van der Waals surface area contributed by atoms with E-state index in [0.29, 0.717) is 24.7 Å². The molecule has 1 aromatic carbocycles. The van der Waals surface area contributed by atoms with Gasteiger partial charge < -0.3 is 16.3 Å². The van der Waals surface area contributed by atoms with E-state index in [0.717, 1.165) is 5.69 Å². The van der Waals surface area contributed by atoms with Gasteiger partial charge in [0.2, 0.25) is 5.91 Å². The Bertz CT molecular complexity index is 543. The number of benzene rings is 1. The molecule has 0 bridgehead atoms. The van der Waals surface area contributed by atoms with Gasteiger partial charge in [0.05, 0.1) is 0 Å². The smallest absolute Gasteiger partial charge is 0.238 e. The van der Waals surface area contributed by atoms with Gasteiger partial charge >= 0.3 is 0 Å². The summed E-state index contributed by atoms with van der Waals surface area (Å²) < 4.78 is 0. The number of amidine groups is 1. The van der Waals surface area contributed by atoms with Crippen LogP contribution in [0.15, 0.2) is 29.4 Å². The summed E-state index contributed by atoms with van der Waals surface area (Å²) in [6.45, 7) is 6.29. The highest BCUT2D eigenvalue weighted by molar-refractivity contribution is 6.12. The molecule has 1 aliphatic rings. The van der Waals surface area contributed by atoms with Crippen LogP contribution in [-0.2, 0) is 4.79 Å². The molecule has 1 amide bonds. The maximum atomic E-state index is 12.5. The summed E-state index contributed by atoms with van der Waals surface area (Å²) in [4.78, 5) is 12.5. The molecule has 1 aliphatic carbocycles. The molecule has 0 radical (unpaired) electrons. The highest BCUT2D eigenvalue weighted by atomic mass is 16.4. The molecule has 0 atom stereocenters. The summed E-state index contributed by atoms with van der Waals surface area (Å²) in [5, 5.41) is 14.8. The van der Waals surface area contributed by atoms with E-state index < -0.39 is 5.41 Å². The van der Waals surface area contributed by atoms with Gasteiger partial charge in [-0.05, 0) is 42.4 Å². The van der Waals surface area contributed by atoms with Gasteiger partial charge in [0.15, 0.2) is 5.84 Å². The minimum atomic E-state index is -0.870. The van der Waals surface area contributed by atoms with Crippen molar-refractivity contribution >= 4 is 17.4 Å². The molecule has 5 nitrogen and oxygen atoms in total. The first kappa shape index (κ1) is 15.4. The van der Waals surface area contributed by atoms with Crippen molar-refractivity contribution in [2.24, 2.45) is 22.2 Å². The molecule has 4 N–H and O–H groups in total. The number of nitrogens with two attached hydrogens (primary N) is 1. The Morgan fingerprint density at radius 1 is 1.38 bits per heavy atom. The minimum Gasteiger partial charge on any atom is -0.409 e. The van der Waals surface area contributed by atoms with Crippen LogP contribution in [0.4, 0.5) is 5.69 Å². The number of hydrogen-bond acceptors (Lipinski definition) is 3. The van der Waals surface area contributed by atoms with Crippen molar-refractivity contribution in [3.8, 4) is 0 Å². The van der Waals surface area contributed by atoms with E-state index in [1.807, 2.05) is 31.2 Å². The van der Waals surface area contributed by atoms with Gasteiger partial charge in [0.1, 0.15) is 5.41 Å². The van der Waals surface area contributed by atoms with Crippen LogP contribution in [-0.4, -0.2) is 17.0 Å². The number of anilines is 1. The van der Waals surface area contributed by atoms with E-state index in [4.69, 9.17) is 10.9 Å². The highest BCUT2D eigenvalue weighted by Crippen LogP contribution is 2.46. The van der Waals surface area contributed by atoms with Gasteiger partial charge in [-0.2, -0.15) is 0 Å². The van der Waals surface area contributed by atoms with E-state index in [1.54, 1.807) is 0 Å². The van der Waals surface area contributed by atoms with E-state index >= 15 is 0 Å². The quantitative estimate of drug-likeness (QED) is 0.345. The lowest BCUT2D eigenvalue weighted by Gasteiger charge is -2.43. The van der Waals surface area contributed by atoms with Gasteiger partial charge in [0, 0.05) is 5.69 Å². The predicted octanol–water partition coefficient (Wildman–Crippen LogP) is 2.91. The van der Waals surface area contributed by atoms with Crippen LogP contribution < -0.4 is 11.1 Å². The molecular weight excluding hydrogens is 266 g/mol. The molecule has 21 heavy (non-hydrogen) atoms. The Balaban J connectivity index is 2.13. The molecule has 0 saturated heterocycles. The van der Waals surface area contributed by atoms with Gasteiger partial charge in [-0.3, -0.25) is 4.79 Å². The lowest BCUT2D eigenvalue weighted by atomic mass is 9.61. The lowest BCUT2D eigenvalue weighted by Crippen LogP contribution is -2.54. The topological polar surface area (TPSA) is 87.7 Å².